The zero-order chi connectivity index (χ0) is 14.5. The summed E-state index contributed by atoms with van der Waals surface area (Å²) in [6, 6.07) is 1.94. The number of morpholine rings is 1. The SMILES string of the molecule is O=C(CCNc1ccc(F)c(F)c1F)N1CCOCC1. The molecule has 4 nitrogen and oxygen atoms in total. The van der Waals surface area contributed by atoms with Crippen LogP contribution in [0.3, 0.4) is 0 Å². The second kappa shape index (κ2) is 6.60. The minimum atomic E-state index is -1.52. The Morgan fingerprint density at radius 2 is 1.90 bits per heavy atom. The molecule has 1 saturated heterocycles. The Bertz CT molecular complexity index is 491. The van der Waals surface area contributed by atoms with Gasteiger partial charge < -0.3 is 15.0 Å². The lowest BCUT2D eigenvalue weighted by Gasteiger charge is -2.26. The second-order valence-electron chi connectivity index (χ2n) is 4.39. The predicted octanol–water partition coefficient (Wildman–Crippen LogP) is 1.76. The van der Waals surface area contributed by atoms with Crippen LogP contribution in [0.15, 0.2) is 12.1 Å². The van der Waals surface area contributed by atoms with Crippen LogP contribution in [0.4, 0.5) is 18.9 Å². The van der Waals surface area contributed by atoms with Crippen molar-refractivity contribution in [1.82, 2.24) is 4.90 Å². The van der Waals surface area contributed by atoms with E-state index >= 15 is 0 Å². The van der Waals surface area contributed by atoms with Crippen LogP contribution in [-0.2, 0) is 9.53 Å². The van der Waals surface area contributed by atoms with Crippen LogP contribution in [0.1, 0.15) is 6.42 Å². The third-order valence-electron chi connectivity index (χ3n) is 3.05. The van der Waals surface area contributed by atoms with Gasteiger partial charge in [-0.3, -0.25) is 4.79 Å². The summed E-state index contributed by atoms with van der Waals surface area (Å²) in [5, 5.41) is 2.59. The van der Waals surface area contributed by atoms with Gasteiger partial charge in [-0.25, -0.2) is 13.2 Å². The van der Waals surface area contributed by atoms with Crippen molar-refractivity contribution in [3.05, 3.63) is 29.6 Å². The molecule has 1 N–H and O–H groups in total. The molecule has 0 spiro atoms. The van der Waals surface area contributed by atoms with Gasteiger partial charge in [0.15, 0.2) is 17.5 Å². The molecule has 1 aliphatic heterocycles. The quantitative estimate of drug-likeness (QED) is 0.859. The van der Waals surface area contributed by atoms with E-state index in [4.69, 9.17) is 4.74 Å². The summed E-state index contributed by atoms with van der Waals surface area (Å²) in [5.41, 5.74) is -0.154. The van der Waals surface area contributed by atoms with Gasteiger partial charge in [0.1, 0.15) is 0 Å². The topological polar surface area (TPSA) is 41.6 Å². The highest BCUT2D eigenvalue weighted by Crippen LogP contribution is 2.19. The number of halogens is 3. The highest BCUT2D eigenvalue weighted by molar-refractivity contribution is 5.76. The van der Waals surface area contributed by atoms with Crippen molar-refractivity contribution in [3.8, 4) is 0 Å². The van der Waals surface area contributed by atoms with Crippen LogP contribution in [0.5, 0.6) is 0 Å². The first-order valence-electron chi connectivity index (χ1n) is 6.32. The number of carbonyl (C=O) groups excluding carboxylic acids is 1. The number of carbonyl (C=O) groups is 1. The first-order chi connectivity index (χ1) is 9.59. The molecule has 0 radical (unpaired) electrons. The second-order valence-corrected chi connectivity index (χ2v) is 4.39. The van der Waals surface area contributed by atoms with E-state index in [0.717, 1.165) is 12.1 Å². The number of ether oxygens (including phenoxy) is 1. The number of rotatable bonds is 4. The first kappa shape index (κ1) is 14.6. The summed E-state index contributed by atoms with van der Waals surface area (Å²) in [7, 11) is 0. The van der Waals surface area contributed by atoms with Gasteiger partial charge in [-0.1, -0.05) is 0 Å². The van der Waals surface area contributed by atoms with Gasteiger partial charge in [-0.2, -0.15) is 0 Å². The van der Waals surface area contributed by atoms with Crippen molar-refractivity contribution in [3.63, 3.8) is 0 Å². The van der Waals surface area contributed by atoms with Crippen LogP contribution in [-0.4, -0.2) is 43.7 Å². The van der Waals surface area contributed by atoms with E-state index in [-0.39, 0.29) is 24.6 Å². The van der Waals surface area contributed by atoms with Gasteiger partial charge >= 0.3 is 0 Å². The van der Waals surface area contributed by atoms with Gasteiger partial charge in [0.05, 0.1) is 18.9 Å². The average Bonchev–Trinajstić information content (AvgIpc) is 2.48. The van der Waals surface area contributed by atoms with Crippen molar-refractivity contribution in [2.24, 2.45) is 0 Å². The molecule has 0 atom stereocenters. The van der Waals surface area contributed by atoms with Crippen LogP contribution < -0.4 is 5.32 Å². The van der Waals surface area contributed by atoms with Crippen molar-refractivity contribution < 1.29 is 22.7 Å². The molecular formula is C13H15F3N2O2. The van der Waals surface area contributed by atoms with Crippen LogP contribution >= 0.6 is 0 Å². The molecule has 7 heteroatoms. The Labute approximate surface area is 114 Å². The summed E-state index contributed by atoms with van der Waals surface area (Å²) < 4.78 is 44.2. The van der Waals surface area contributed by atoms with E-state index in [2.05, 4.69) is 5.32 Å². The number of anilines is 1. The molecule has 0 bridgehead atoms. The highest BCUT2D eigenvalue weighted by Gasteiger charge is 2.17. The molecule has 0 aromatic heterocycles. The molecule has 1 heterocycles. The Morgan fingerprint density at radius 3 is 2.60 bits per heavy atom. The Hall–Kier alpha value is -1.76. The molecule has 2 rings (SSSR count). The number of nitrogens with one attached hydrogen (secondary N) is 1. The molecule has 110 valence electrons. The van der Waals surface area contributed by atoms with Gasteiger partial charge in [0.2, 0.25) is 5.91 Å². The lowest BCUT2D eigenvalue weighted by atomic mass is 10.2. The van der Waals surface area contributed by atoms with Gasteiger partial charge in [0.25, 0.3) is 0 Å². The monoisotopic (exact) mass is 288 g/mol. The lowest BCUT2D eigenvalue weighted by Crippen LogP contribution is -2.41. The number of amides is 1. The van der Waals surface area contributed by atoms with Crippen molar-refractivity contribution in [2.45, 2.75) is 6.42 Å². The maximum absolute atomic E-state index is 13.4. The fourth-order valence-corrected chi connectivity index (χ4v) is 1.94. The summed E-state index contributed by atoms with van der Waals surface area (Å²) >= 11 is 0. The first-order valence-corrected chi connectivity index (χ1v) is 6.32. The smallest absolute Gasteiger partial charge is 0.224 e. The third kappa shape index (κ3) is 3.41. The molecule has 1 aliphatic rings. The minimum Gasteiger partial charge on any atom is -0.382 e. The average molecular weight is 288 g/mol. The standard InChI is InChI=1S/C13H15F3N2O2/c14-9-1-2-10(13(16)12(9)15)17-4-3-11(19)18-5-7-20-8-6-18/h1-2,17H,3-8H2. The van der Waals surface area contributed by atoms with E-state index in [1.807, 2.05) is 0 Å². The summed E-state index contributed by atoms with van der Waals surface area (Å²) in [4.78, 5) is 13.5. The Kier molecular flexibility index (Phi) is 4.84. The van der Waals surface area contributed by atoms with E-state index in [1.54, 1.807) is 4.90 Å². The van der Waals surface area contributed by atoms with Crippen LogP contribution in [0.25, 0.3) is 0 Å². The van der Waals surface area contributed by atoms with Crippen molar-refractivity contribution >= 4 is 11.6 Å². The molecule has 1 fully saturated rings. The van der Waals surface area contributed by atoms with E-state index in [9.17, 15) is 18.0 Å². The summed E-state index contributed by atoms with van der Waals surface area (Å²) in [6.45, 7) is 2.25. The fraction of sp³-hybridized carbons (Fsp3) is 0.462. The molecule has 0 aliphatic carbocycles. The molecule has 0 unspecified atom stereocenters. The summed E-state index contributed by atoms with van der Waals surface area (Å²) in [6.07, 6.45) is 0.151. The molecule has 0 saturated carbocycles. The Morgan fingerprint density at radius 1 is 1.20 bits per heavy atom. The molecular weight excluding hydrogens is 273 g/mol. The maximum Gasteiger partial charge on any atom is 0.224 e. The number of hydrogen-bond acceptors (Lipinski definition) is 3. The zero-order valence-corrected chi connectivity index (χ0v) is 10.8. The lowest BCUT2D eigenvalue weighted by molar-refractivity contribution is -0.134. The van der Waals surface area contributed by atoms with Crippen molar-refractivity contribution in [2.75, 3.05) is 38.2 Å². The maximum atomic E-state index is 13.4. The molecule has 1 aromatic carbocycles. The van der Waals surface area contributed by atoms with E-state index in [1.165, 1.54) is 0 Å². The molecule has 1 amide bonds. The Balaban J connectivity index is 1.83. The third-order valence-corrected chi connectivity index (χ3v) is 3.05. The van der Waals surface area contributed by atoms with Crippen LogP contribution in [0, 0.1) is 17.5 Å². The zero-order valence-electron chi connectivity index (χ0n) is 10.8. The number of nitrogens with zero attached hydrogens (tertiary/aromatic N) is 1. The van der Waals surface area contributed by atoms with Crippen molar-refractivity contribution in [1.29, 1.82) is 0 Å². The summed E-state index contributed by atoms with van der Waals surface area (Å²) in [5.74, 6) is -4.11. The highest BCUT2D eigenvalue weighted by atomic mass is 19.2. The van der Waals surface area contributed by atoms with E-state index < -0.39 is 17.5 Å². The van der Waals surface area contributed by atoms with Crippen LogP contribution in [0.2, 0.25) is 0 Å². The fourth-order valence-electron chi connectivity index (χ4n) is 1.94. The largest absolute Gasteiger partial charge is 0.382 e. The molecule has 20 heavy (non-hydrogen) atoms. The van der Waals surface area contributed by atoms with Gasteiger partial charge in [0, 0.05) is 26.1 Å². The predicted molar refractivity (Wildman–Crippen MR) is 66.8 cm³/mol. The van der Waals surface area contributed by atoms with Gasteiger partial charge in [-0.15, -0.1) is 0 Å². The normalized spacial score (nSPS) is 15.2. The number of benzene rings is 1. The van der Waals surface area contributed by atoms with Gasteiger partial charge in [-0.05, 0) is 12.1 Å². The number of hydrogen-bond donors (Lipinski definition) is 1. The van der Waals surface area contributed by atoms with E-state index in [0.29, 0.717) is 26.3 Å². The minimum absolute atomic E-state index is 0.0798. The molecule has 1 aromatic rings.